The van der Waals surface area contributed by atoms with Crippen molar-refractivity contribution >= 4 is 56.4 Å². The molecule has 0 radical (unpaired) electrons. The lowest BCUT2D eigenvalue weighted by Crippen LogP contribution is -2.36. The van der Waals surface area contributed by atoms with Crippen molar-refractivity contribution in [2.45, 2.75) is 46.7 Å². The summed E-state index contributed by atoms with van der Waals surface area (Å²) in [6.07, 6.45) is 5.38. The van der Waals surface area contributed by atoms with Gasteiger partial charge in [-0.2, -0.15) is 0 Å². The van der Waals surface area contributed by atoms with Crippen LogP contribution in [-0.2, 0) is 13.1 Å². The van der Waals surface area contributed by atoms with Crippen LogP contribution in [0, 0.1) is 18.6 Å². The number of imidazole rings is 2. The number of hydrazine groups is 1. The standard InChI is InChI=1S/C43H37ClF2N8/c1-4-22-51-40-24-31(45)11-19-37(40)49-42(51)29-7-14-33(15-8-29)53(34-16-9-30(44)10-17-34)54(35-13-6-28(3)47-26-35)36-18-21-39(48-27-36)43-50-38-20-12-32(46)25-41(38)52(43)23-5-2/h6-21,24-27H,4-5,22-23H2,1-3H3. The van der Waals surface area contributed by atoms with Gasteiger partial charge in [0, 0.05) is 29.4 Å². The lowest BCUT2D eigenvalue weighted by Gasteiger charge is -2.38. The third-order valence-electron chi connectivity index (χ3n) is 9.32. The van der Waals surface area contributed by atoms with E-state index in [0.29, 0.717) is 35.1 Å². The predicted octanol–water partition coefficient (Wildman–Crippen LogP) is 11.5. The lowest BCUT2D eigenvalue weighted by atomic mass is 10.1. The molecule has 0 saturated carbocycles. The van der Waals surface area contributed by atoms with Gasteiger partial charge in [-0.05, 0) is 129 Å². The summed E-state index contributed by atoms with van der Waals surface area (Å²) < 4.78 is 32.7. The number of nitrogens with zero attached hydrogens (tertiary/aromatic N) is 8. The number of hydrogen-bond acceptors (Lipinski definition) is 6. The largest absolute Gasteiger partial charge is 0.324 e. The van der Waals surface area contributed by atoms with E-state index in [1.54, 1.807) is 18.2 Å². The number of aromatic nitrogens is 6. The topological polar surface area (TPSA) is 67.9 Å². The maximum absolute atomic E-state index is 14.3. The molecule has 11 heteroatoms. The first-order valence-electron chi connectivity index (χ1n) is 18.0. The second-order valence-electron chi connectivity index (χ2n) is 13.1. The maximum atomic E-state index is 14.3. The van der Waals surface area contributed by atoms with Gasteiger partial charge in [-0.25, -0.2) is 28.8 Å². The normalized spacial score (nSPS) is 11.4. The summed E-state index contributed by atoms with van der Waals surface area (Å²) in [5.41, 5.74) is 8.69. The monoisotopic (exact) mass is 738 g/mol. The second-order valence-corrected chi connectivity index (χ2v) is 13.6. The third kappa shape index (κ3) is 6.65. The van der Waals surface area contributed by atoms with Crippen LogP contribution in [0.2, 0.25) is 5.02 Å². The smallest absolute Gasteiger partial charge is 0.159 e. The number of fused-ring (bicyclic) bond motifs is 2. The highest BCUT2D eigenvalue weighted by Crippen LogP contribution is 2.38. The van der Waals surface area contributed by atoms with Crippen molar-refractivity contribution in [3.63, 3.8) is 0 Å². The van der Waals surface area contributed by atoms with Gasteiger partial charge >= 0.3 is 0 Å². The summed E-state index contributed by atoms with van der Waals surface area (Å²) in [5.74, 6) is 0.860. The Kier molecular flexibility index (Phi) is 9.52. The first kappa shape index (κ1) is 34.9. The molecule has 8 aromatic rings. The van der Waals surface area contributed by atoms with E-state index in [1.807, 2.05) is 96.7 Å². The molecular formula is C43H37ClF2N8. The molecule has 8 nitrogen and oxygen atoms in total. The van der Waals surface area contributed by atoms with Crippen molar-refractivity contribution in [1.82, 2.24) is 29.1 Å². The van der Waals surface area contributed by atoms with Crippen LogP contribution in [0.4, 0.5) is 31.5 Å². The molecule has 0 N–H and O–H groups in total. The minimum Gasteiger partial charge on any atom is -0.324 e. The Bertz CT molecular complexity index is 2380. The SMILES string of the molecule is CCCn1c(-c2ccc(N(c3ccc(Cl)cc3)N(c3ccc(C)nc3)c3ccc(-c4nc5ccc(F)cc5n4CCC)nc3)cc2)nc2ccc(F)cc21. The molecule has 0 spiro atoms. The van der Waals surface area contributed by atoms with Crippen LogP contribution in [0.1, 0.15) is 32.4 Å². The van der Waals surface area contributed by atoms with Crippen molar-refractivity contribution < 1.29 is 8.78 Å². The number of halogens is 3. The van der Waals surface area contributed by atoms with Crippen molar-refractivity contribution in [3.8, 4) is 22.9 Å². The van der Waals surface area contributed by atoms with Crippen LogP contribution in [-0.4, -0.2) is 29.1 Å². The minimum absolute atomic E-state index is 0.288. The van der Waals surface area contributed by atoms with Crippen LogP contribution in [0.5, 0.6) is 0 Å². The lowest BCUT2D eigenvalue weighted by molar-refractivity contribution is 0.626. The maximum Gasteiger partial charge on any atom is 0.159 e. The van der Waals surface area contributed by atoms with Crippen LogP contribution < -0.4 is 10.0 Å². The molecule has 0 fully saturated rings. The molecule has 0 aliphatic rings. The number of rotatable bonds is 11. The Morgan fingerprint density at radius 3 is 1.61 bits per heavy atom. The minimum atomic E-state index is -0.303. The van der Waals surface area contributed by atoms with Crippen molar-refractivity contribution in [2.75, 3.05) is 10.0 Å². The number of pyridine rings is 2. The number of aryl methyl sites for hydroxylation is 3. The van der Waals surface area contributed by atoms with Gasteiger partial charge in [0.1, 0.15) is 23.2 Å². The zero-order valence-corrected chi connectivity index (χ0v) is 30.8. The zero-order valence-electron chi connectivity index (χ0n) is 30.1. The molecule has 0 atom stereocenters. The van der Waals surface area contributed by atoms with E-state index in [-0.39, 0.29) is 11.6 Å². The molecule has 8 rings (SSSR count). The Hall–Kier alpha value is -6.13. The second kappa shape index (κ2) is 14.7. The number of hydrogen-bond donors (Lipinski definition) is 0. The zero-order chi connectivity index (χ0) is 37.3. The highest BCUT2D eigenvalue weighted by molar-refractivity contribution is 6.30. The van der Waals surface area contributed by atoms with Gasteiger partial charge in [-0.1, -0.05) is 25.4 Å². The van der Waals surface area contributed by atoms with Crippen molar-refractivity contribution in [1.29, 1.82) is 0 Å². The summed E-state index contributed by atoms with van der Waals surface area (Å²) in [5, 5.41) is 4.76. The Morgan fingerprint density at radius 2 is 1.07 bits per heavy atom. The predicted molar refractivity (Wildman–Crippen MR) is 213 cm³/mol. The van der Waals surface area contributed by atoms with E-state index in [4.69, 9.17) is 26.6 Å². The molecule has 270 valence electrons. The summed E-state index contributed by atoms with van der Waals surface area (Å²) in [6.45, 7) is 7.51. The highest BCUT2D eigenvalue weighted by Gasteiger charge is 2.24. The average molecular weight is 739 g/mol. The van der Waals surface area contributed by atoms with E-state index in [9.17, 15) is 8.78 Å². The fraction of sp³-hybridized carbons (Fsp3) is 0.163. The summed E-state index contributed by atoms with van der Waals surface area (Å²) >= 11 is 6.40. The van der Waals surface area contributed by atoms with Gasteiger partial charge in [-0.15, -0.1) is 0 Å². The van der Waals surface area contributed by atoms with Gasteiger partial charge in [0.15, 0.2) is 5.82 Å². The van der Waals surface area contributed by atoms with Gasteiger partial charge in [0.25, 0.3) is 0 Å². The molecule has 0 unspecified atom stereocenters. The van der Waals surface area contributed by atoms with Crippen LogP contribution >= 0.6 is 11.6 Å². The van der Waals surface area contributed by atoms with E-state index in [2.05, 4.69) is 33.4 Å². The summed E-state index contributed by atoms with van der Waals surface area (Å²) in [4.78, 5) is 19.4. The Balaban J connectivity index is 1.25. The molecule has 0 amide bonds. The van der Waals surface area contributed by atoms with E-state index in [1.165, 1.54) is 18.2 Å². The molecule has 0 aliphatic heterocycles. The molecule has 4 heterocycles. The summed E-state index contributed by atoms with van der Waals surface area (Å²) in [6, 6.07) is 33.1. The fourth-order valence-corrected chi connectivity index (χ4v) is 6.96. The van der Waals surface area contributed by atoms with Gasteiger partial charge < -0.3 is 9.13 Å². The number of anilines is 4. The van der Waals surface area contributed by atoms with Gasteiger partial charge in [-0.3, -0.25) is 9.97 Å². The van der Waals surface area contributed by atoms with Crippen LogP contribution in [0.15, 0.2) is 122 Å². The Morgan fingerprint density at radius 1 is 0.574 bits per heavy atom. The summed E-state index contributed by atoms with van der Waals surface area (Å²) in [7, 11) is 0. The number of benzene rings is 4. The first-order chi connectivity index (χ1) is 26.3. The van der Waals surface area contributed by atoms with Crippen molar-refractivity contribution in [2.24, 2.45) is 0 Å². The molecule has 0 bridgehead atoms. The molecular weight excluding hydrogens is 702 g/mol. The highest BCUT2D eigenvalue weighted by atomic mass is 35.5. The van der Waals surface area contributed by atoms with Gasteiger partial charge in [0.05, 0.1) is 57.2 Å². The van der Waals surface area contributed by atoms with E-state index < -0.39 is 0 Å². The van der Waals surface area contributed by atoms with Crippen LogP contribution in [0.3, 0.4) is 0 Å². The first-order valence-corrected chi connectivity index (χ1v) is 18.4. The fourth-order valence-electron chi connectivity index (χ4n) is 6.83. The van der Waals surface area contributed by atoms with E-state index >= 15 is 0 Å². The third-order valence-corrected chi connectivity index (χ3v) is 9.57. The average Bonchev–Trinajstić information content (AvgIpc) is 3.72. The molecule has 4 aromatic carbocycles. The Labute approximate surface area is 316 Å². The molecule has 0 saturated heterocycles. The van der Waals surface area contributed by atoms with Gasteiger partial charge in [0.2, 0.25) is 0 Å². The molecule has 4 aromatic heterocycles. The van der Waals surface area contributed by atoms with Crippen LogP contribution in [0.25, 0.3) is 45.0 Å². The van der Waals surface area contributed by atoms with E-state index in [0.717, 1.165) is 69.2 Å². The van der Waals surface area contributed by atoms with Crippen molar-refractivity contribution in [3.05, 3.63) is 144 Å². The quantitative estimate of drug-likeness (QED) is 0.123. The molecule has 0 aliphatic carbocycles. The molecule has 54 heavy (non-hydrogen) atoms.